The summed E-state index contributed by atoms with van der Waals surface area (Å²) in [6.07, 6.45) is 4.19. The lowest BCUT2D eigenvalue weighted by molar-refractivity contribution is -0.153. The molecular weight excluding hydrogens is 140 g/mol. The van der Waals surface area contributed by atoms with Crippen molar-refractivity contribution in [1.29, 1.82) is 0 Å². The number of hydrogen-bond donors (Lipinski definition) is 0. The zero-order valence-electron chi connectivity index (χ0n) is 7.30. The van der Waals surface area contributed by atoms with Gasteiger partial charge < -0.3 is 4.74 Å². The first kappa shape index (κ1) is 8.57. The summed E-state index contributed by atoms with van der Waals surface area (Å²) in [5, 5.41) is 0. The Balaban J connectivity index is 2.09. The molecule has 0 atom stereocenters. The highest BCUT2D eigenvalue weighted by atomic mass is 16.5. The molecule has 64 valence electrons. The number of ether oxygens (including phenoxy) is 1. The summed E-state index contributed by atoms with van der Waals surface area (Å²) in [6, 6.07) is 0. The lowest BCUT2D eigenvalue weighted by atomic mass is 9.96. The van der Waals surface area contributed by atoms with E-state index in [0.717, 1.165) is 12.8 Å². The van der Waals surface area contributed by atoms with Crippen LogP contribution in [-0.4, -0.2) is 12.1 Å². The largest absolute Gasteiger partial charge is 0.462 e. The van der Waals surface area contributed by atoms with Gasteiger partial charge in [-0.25, -0.2) is 0 Å². The van der Waals surface area contributed by atoms with Gasteiger partial charge in [-0.2, -0.15) is 0 Å². The van der Waals surface area contributed by atoms with Crippen molar-refractivity contribution in [3.63, 3.8) is 0 Å². The van der Waals surface area contributed by atoms with Crippen molar-refractivity contribution in [2.45, 2.75) is 45.6 Å². The predicted molar refractivity (Wildman–Crippen MR) is 43.2 cm³/mol. The van der Waals surface area contributed by atoms with Crippen molar-refractivity contribution in [1.82, 2.24) is 0 Å². The summed E-state index contributed by atoms with van der Waals surface area (Å²) in [5.74, 6) is 0.396. The fourth-order valence-electron chi connectivity index (χ4n) is 1.06. The SMILES string of the molecule is CC(C)CC(=O)OC1CCC1. The third-order valence-electron chi connectivity index (χ3n) is 1.93. The molecule has 2 nitrogen and oxygen atoms in total. The van der Waals surface area contributed by atoms with Crippen molar-refractivity contribution < 1.29 is 9.53 Å². The number of rotatable bonds is 3. The lowest BCUT2D eigenvalue weighted by Crippen LogP contribution is -2.25. The van der Waals surface area contributed by atoms with Gasteiger partial charge in [0.15, 0.2) is 0 Å². The van der Waals surface area contributed by atoms with Gasteiger partial charge in [0.1, 0.15) is 6.10 Å². The summed E-state index contributed by atoms with van der Waals surface area (Å²) >= 11 is 0. The summed E-state index contributed by atoms with van der Waals surface area (Å²) in [7, 11) is 0. The van der Waals surface area contributed by atoms with Crippen molar-refractivity contribution in [3.8, 4) is 0 Å². The van der Waals surface area contributed by atoms with Gasteiger partial charge in [-0.1, -0.05) is 13.8 Å². The van der Waals surface area contributed by atoms with E-state index in [9.17, 15) is 4.79 Å². The van der Waals surface area contributed by atoms with E-state index in [1.165, 1.54) is 6.42 Å². The van der Waals surface area contributed by atoms with Crippen LogP contribution in [0, 0.1) is 5.92 Å². The van der Waals surface area contributed by atoms with E-state index < -0.39 is 0 Å². The van der Waals surface area contributed by atoms with Crippen LogP contribution in [-0.2, 0) is 9.53 Å². The Morgan fingerprint density at radius 3 is 2.55 bits per heavy atom. The van der Waals surface area contributed by atoms with Crippen LogP contribution in [0.5, 0.6) is 0 Å². The molecule has 1 rings (SSSR count). The van der Waals surface area contributed by atoms with E-state index in [2.05, 4.69) is 0 Å². The highest BCUT2D eigenvalue weighted by molar-refractivity contribution is 5.69. The third kappa shape index (κ3) is 2.91. The second kappa shape index (κ2) is 3.74. The first-order chi connectivity index (χ1) is 5.18. The molecule has 0 unspecified atom stereocenters. The third-order valence-corrected chi connectivity index (χ3v) is 1.93. The van der Waals surface area contributed by atoms with Gasteiger partial charge in [0.2, 0.25) is 0 Å². The van der Waals surface area contributed by atoms with Gasteiger partial charge in [0, 0.05) is 6.42 Å². The molecule has 2 heteroatoms. The molecule has 0 N–H and O–H groups in total. The van der Waals surface area contributed by atoms with Gasteiger partial charge in [0.25, 0.3) is 0 Å². The van der Waals surface area contributed by atoms with Crippen LogP contribution in [0.3, 0.4) is 0 Å². The second-order valence-electron chi connectivity index (χ2n) is 3.64. The molecule has 0 aromatic rings. The summed E-state index contributed by atoms with van der Waals surface area (Å²) in [5.41, 5.74) is 0. The normalized spacial score (nSPS) is 18.1. The van der Waals surface area contributed by atoms with Crippen LogP contribution >= 0.6 is 0 Å². The number of carbonyl (C=O) groups excluding carboxylic acids is 1. The molecule has 0 aliphatic heterocycles. The van der Waals surface area contributed by atoms with Gasteiger partial charge in [0.05, 0.1) is 0 Å². The van der Waals surface area contributed by atoms with Crippen LogP contribution in [0.4, 0.5) is 0 Å². The molecule has 0 heterocycles. The Hall–Kier alpha value is -0.530. The first-order valence-corrected chi connectivity index (χ1v) is 4.38. The minimum Gasteiger partial charge on any atom is -0.462 e. The second-order valence-corrected chi connectivity index (χ2v) is 3.64. The predicted octanol–water partition coefficient (Wildman–Crippen LogP) is 2.13. The Kier molecular flexibility index (Phi) is 2.92. The van der Waals surface area contributed by atoms with Gasteiger partial charge >= 0.3 is 5.97 Å². The fraction of sp³-hybridized carbons (Fsp3) is 0.889. The van der Waals surface area contributed by atoms with E-state index >= 15 is 0 Å². The molecule has 0 aromatic heterocycles. The maximum absolute atomic E-state index is 11.0. The highest BCUT2D eigenvalue weighted by Crippen LogP contribution is 2.22. The van der Waals surface area contributed by atoms with Crippen molar-refractivity contribution in [3.05, 3.63) is 0 Å². The van der Waals surface area contributed by atoms with Gasteiger partial charge in [-0.3, -0.25) is 4.79 Å². The maximum Gasteiger partial charge on any atom is 0.306 e. The highest BCUT2D eigenvalue weighted by Gasteiger charge is 2.21. The minimum atomic E-state index is -0.0234. The van der Waals surface area contributed by atoms with E-state index in [1.807, 2.05) is 13.8 Å². The van der Waals surface area contributed by atoms with E-state index in [4.69, 9.17) is 4.74 Å². The summed E-state index contributed by atoms with van der Waals surface area (Å²) < 4.78 is 5.16. The standard InChI is InChI=1S/C9H16O2/c1-7(2)6-9(10)11-8-4-3-5-8/h7-8H,3-6H2,1-2H3. The van der Waals surface area contributed by atoms with Crippen LogP contribution in [0.2, 0.25) is 0 Å². The monoisotopic (exact) mass is 156 g/mol. The number of esters is 1. The first-order valence-electron chi connectivity index (χ1n) is 4.38. The van der Waals surface area contributed by atoms with Crippen LogP contribution < -0.4 is 0 Å². The zero-order valence-corrected chi connectivity index (χ0v) is 7.30. The minimum absolute atomic E-state index is 0.0234. The van der Waals surface area contributed by atoms with Crippen LogP contribution in [0.25, 0.3) is 0 Å². The van der Waals surface area contributed by atoms with Crippen LogP contribution in [0.15, 0.2) is 0 Å². The van der Waals surface area contributed by atoms with Crippen molar-refractivity contribution in [2.75, 3.05) is 0 Å². The molecule has 1 saturated carbocycles. The van der Waals surface area contributed by atoms with Crippen molar-refractivity contribution >= 4 is 5.97 Å². The van der Waals surface area contributed by atoms with Crippen LogP contribution in [0.1, 0.15) is 39.5 Å². The summed E-state index contributed by atoms with van der Waals surface area (Å²) in [4.78, 5) is 11.0. The Labute approximate surface area is 67.9 Å². The van der Waals surface area contributed by atoms with Gasteiger partial charge in [-0.15, -0.1) is 0 Å². The maximum atomic E-state index is 11.0. The lowest BCUT2D eigenvalue weighted by Gasteiger charge is -2.25. The Bertz CT molecular complexity index is 136. The van der Waals surface area contributed by atoms with E-state index in [-0.39, 0.29) is 12.1 Å². The molecule has 1 aliphatic rings. The Morgan fingerprint density at radius 1 is 1.55 bits per heavy atom. The topological polar surface area (TPSA) is 26.3 Å². The molecule has 1 aliphatic carbocycles. The molecule has 0 saturated heterocycles. The average molecular weight is 156 g/mol. The average Bonchev–Trinajstić information content (AvgIpc) is 1.77. The van der Waals surface area contributed by atoms with E-state index in [1.54, 1.807) is 0 Å². The quantitative estimate of drug-likeness (QED) is 0.585. The molecule has 0 bridgehead atoms. The van der Waals surface area contributed by atoms with E-state index in [0.29, 0.717) is 12.3 Å². The Morgan fingerprint density at radius 2 is 2.18 bits per heavy atom. The molecule has 11 heavy (non-hydrogen) atoms. The molecule has 1 fully saturated rings. The number of carbonyl (C=O) groups is 1. The number of hydrogen-bond acceptors (Lipinski definition) is 2. The smallest absolute Gasteiger partial charge is 0.306 e. The molecule has 0 aromatic carbocycles. The molecular formula is C9H16O2. The summed E-state index contributed by atoms with van der Waals surface area (Å²) in [6.45, 7) is 4.06. The molecule has 0 spiro atoms. The fourth-order valence-corrected chi connectivity index (χ4v) is 1.06. The molecule has 0 amide bonds. The van der Waals surface area contributed by atoms with Gasteiger partial charge in [-0.05, 0) is 25.2 Å². The van der Waals surface area contributed by atoms with Crippen molar-refractivity contribution in [2.24, 2.45) is 5.92 Å². The zero-order chi connectivity index (χ0) is 8.27. The molecule has 0 radical (unpaired) electrons.